The Kier molecular flexibility index (Phi) is 6.61. The number of carbonyl (C=O) groups excluding carboxylic acids is 1. The molecule has 0 radical (unpaired) electrons. The highest BCUT2D eigenvalue weighted by atomic mass is 32.2. The fourth-order valence-corrected chi connectivity index (χ4v) is 3.48. The number of thioether (sulfide) groups is 1. The highest BCUT2D eigenvalue weighted by Gasteiger charge is 2.17. The highest BCUT2D eigenvalue weighted by Crippen LogP contribution is 2.31. The molecule has 0 saturated heterocycles. The van der Waals surface area contributed by atoms with Crippen LogP contribution in [-0.2, 0) is 17.0 Å². The average molecular weight is 415 g/mol. The van der Waals surface area contributed by atoms with Gasteiger partial charge in [0.05, 0.1) is 27.1 Å². The smallest absolute Gasteiger partial charge is 0.373 e. The molecule has 0 aliphatic carbocycles. The normalized spacial score (nSPS) is 10.6. The molecule has 3 aromatic rings. The van der Waals surface area contributed by atoms with E-state index in [1.54, 1.807) is 38.5 Å². The number of furan rings is 1. The number of carbonyl (C=O) groups is 1. The van der Waals surface area contributed by atoms with Crippen molar-refractivity contribution < 1.29 is 23.4 Å². The summed E-state index contributed by atoms with van der Waals surface area (Å²) in [5.41, 5.74) is 0.813. The molecule has 0 aliphatic heterocycles. The molecule has 1 aromatic carbocycles. The number of nitrogens with zero attached hydrogens (tertiary/aromatic N) is 3. The summed E-state index contributed by atoms with van der Waals surface area (Å²) in [7, 11) is 4.51. The van der Waals surface area contributed by atoms with Crippen LogP contribution in [0, 0.1) is 0 Å². The van der Waals surface area contributed by atoms with Crippen LogP contribution in [0.15, 0.2) is 52.6 Å². The van der Waals surface area contributed by atoms with Gasteiger partial charge in [0.2, 0.25) is 5.76 Å². The molecule has 0 saturated carbocycles. The van der Waals surface area contributed by atoms with E-state index in [1.165, 1.54) is 18.9 Å². The van der Waals surface area contributed by atoms with Crippen molar-refractivity contribution in [3.05, 3.63) is 54.5 Å². The third kappa shape index (κ3) is 4.62. The van der Waals surface area contributed by atoms with Crippen LogP contribution in [-0.4, -0.2) is 42.1 Å². The van der Waals surface area contributed by atoms with Gasteiger partial charge in [0.1, 0.15) is 17.3 Å². The second-order valence-electron chi connectivity index (χ2n) is 5.85. The summed E-state index contributed by atoms with van der Waals surface area (Å²) in [5.74, 6) is 2.76. The van der Waals surface area contributed by atoms with E-state index in [-0.39, 0.29) is 5.76 Å². The predicted octanol–water partition coefficient (Wildman–Crippen LogP) is 3.82. The first-order chi connectivity index (χ1) is 14.1. The summed E-state index contributed by atoms with van der Waals surface area (Å²) in [5, 5.41) is 9.34. The number of rotatable bonds is 9. The van der Waals surface area contributed by atoms with Crippen molar-refractivity contribution in [3.63, 3.8) is 0 Å². The summed E-state index contributed by atoms with van der Waals surface area (Å²) in [6.45, 7) is 4.35. The zero-order chi connectivity index (χ0) is 20.8. The zero-order valence-corrected chi connectivity index (χ0v) is 17.2. The van der Waals surface area contributed by atoms with Crippen molar-refractivity contribution in [2.75, 3.05) is 21.3 Å². The molecule has 9 heteroatoms. The Morgan fingerprint density at radius 1 is 1.17 bits per heavy atom. The van der Waals surface area contributed by atoms with Crippen molar-refractivity contribution in [2.24, 2.45) is 0 Å². The van der Waals surface area contributed by atoms with Crippen LogP contribution >= 0.6 is 11.8 Å². The first-order valence-corrected chi connectivity index (χ1v) is 9.65. The summed E-state index contributed by atoms with van der Waals surface area (Å²) in [6.07, 6.45) is 1.77. The van der Waals surface area contributed by atoms with Crippen LogP contribution in [0.1, 0.15) is 16.3 Å². The van der Waals surface area contributed by atoms with Crippen molar-refractivity contribution in [1.29, 1.82) is 0 Å². The molecule has 152 valence electrons. The fourth-order valence-electron chi connectivity index (χ4n) is 2.64. The van der Waals surface area contributed by atoms with Gasteiger partial charge in [-0.3, -0.25) is 4.57 Å². The third-order valence-corrected chi connectivity index (χ3v) is 5.02. The van der Waals surface area contributed by atoms with E-state index < -0.39 is 5.97 Å². The molecule has 3 rings (SSSR count). The molecular weight excluding hydrogens is 394 g/mol. The van der Waals surface area contributed by atoms with Crippen molar-refractivity contribution >= 4 is 17.7 Å². The molecule has 29 heavy (non-hydrogen) atoms. The van der Waals surface area contributed by atoms with E-state index in [2.05, 4.69) is 21.5 Å². The Hall–Kier alpha value is -3.20. The van der Waals surface area contributed by atoms with Gasteiger partial charge in [-0.25, -0.2) is 4.79 Å². The van der Waals surface area contributed by atoms with E-state index in [9.17, 15) is 4.79 Å². The number of esters is 1. The SMILES string of the molecule is C=CCn1c(SCc2ccc(C(=O)OC)o2)nnc1-c1cc(OC)cc(OC)c1. The van der Waals surface area contributed by atoms with Gasteiger partial charge in [0.25, 0.3) is 0 Å². The van der Waals surface area contributed by atoms with Gasteiger partial charge in [-0.2, -0.15) is 0 Å². The molecule has 0 fully saturated rings. The lowest BCUT2D eigenvalue weighted by molar-refractivity contribution is 0.0563. The van der Waals surface area contributed by atoms with E-state index in [1.807, 2.05) is 16.7 Å². The number of aromatic nitrogens is 3. The summed E-state index contributed by atoms with van der Waals surface area (Å²) >= 11 is 1.44. The van der Waals surface area contributed by atoms with E-state index in [0.717, 1.165) is 5.56 Å². The van der Waals surface area contributed by atoms with Crippen molar-refractivity contribution in [2.45, 2.75) is 17.5 Å². The standard InChI is InChI=1S/C20H21N3O5S/c1-5-8-23-18(13-9-15(25-2)11-16(10-13)26-3)21-22-20(23)29-12-14-6-7-17(28-14)19(24)27-4/h5-7,9-11H,1,8,12H2,2-4H3. The second kappa shape index (κ2) is 9.33. The van der Waals surface area contributed by atoms with Crippen LogP contribution in [0.25, 0.3) is 11.4 Å². The van der Waals surface area contributed by atoms with Gasteiger partial charge in [-0.05, 0) is 24.3 Å². The van der Waals surface area contributed by atoms with Gasteiger partial charge >= 0.3 is 5.97 Å². The lowest BCUT2D eigenvalue weighted by Gasteiger charge is -2.10. The first kappa shape index (κ1) is 20.5. The molecular formula is C20H21N3O5S. The first-order valence-electron chi connectivity index (χ1n) is 8.67. The molecule has 0 aliphatic rings. The van der Waals surface area contributed by atoms with E-state index in [4.69, 9.17) is 13.9 Å². The number of hydrogen-bond donors (Lipinski definition) is 0. The number of methoxy groups -OCH3 is 3. The topological polar surface area (TPSA) is 88.6 Å². The minimum atomic E-state index is -0.509. The summed E-state index contributed by atoms with van der Waals surface area (Å²) in [6, 6.07) is 8.86. The molecule has 2 heterocycles. The maximum absolute atomic E-state index is 11.5. The van der Waals surface area contributed by atoms with E-state index >= 15 is 0 Å². The quantitative estimate of drug-likeness (QED) is 0.296. The van der Waals surface area contributed by atoms with Crippen LogP contribution in [0.5, 0.6) is 11.5 Å². The summed E-state index contributed by atoms with van der Waals surface area (Å²) < 4.78 is 22.8. The zero-order valence-electron chi connectivity index (χ0n) is 16.4. The van der Waals surface area contributed by atoms with Gasteiger partial charge in [-0.1, -0.05) is 17.8 Å². The molecule has 0 spiro atoms. The van der Waals surface area contributed by atoms with Crippen LogP contribution < -0.4 is 9.47 Å². The Bertz CT molecular complexity index is 989. The van der Waals surface area contributed by atoms with Gasteiger partial charge in [0.15, 0.2) is 11.0 Å². The van der Waals surface area contributed by atoms with E-state index in [0.29, 0.717) is 40.5 Å². The third-order valence-electron chi connectivity index (χ3n) is 4.03. The highest BCUT2D eigenvalue weighted by molar-refractivity contribution is 7.98. The van der Waals surface area contributed by atoms with Crippen LogP contribution in [0.4, 0.5) is 0 Å². The lowest BCUT2D eigenvalue weighted by Crippen LogP contribution is -2.01. The Morgan fingerprint density at radius 3 is 2.52 bits per heavy atom. The molecule has 0 atom stereocenters. The number of hydrogen-bond acceptors (Lipinski definition) is 8. The fraction of sp³-hybridized carbons (Fsp3) is 0.250. The summed E-state index contributed by atoms with van der Waals surface area (Å²) in [4.78, 5) is 11.5. The van der Waals surface area contributed by atoms with Gasteiger partial charge in [0, 0.05) is 18.2 Å². The molecule has 0 N–H and O–H groups in total. The minimum Gasteiger partial charge on any atom is -0.497 e. The minimum absolute atomic E-state index is 0.167. The Morgan fingerprint density at radius 2 is 1.90 bits per heavy atom. The van der Waals surface area contributed by atoms with Crippen molar-refractivity contribution in [3.8, 4) is 22.9 Å². The van der Waals surface area contributed by atoms with Crippen LogP contribution in [0.2, 0.25) is 0 Å². The molecule has 2 aromatic heterocycles. The van der Waals surface area contributed by atoms with Gasteiger partial charge < -0.3 is 18.6 Å². The molecule has 8 nitrogen and oxygen atoms in total. The molecule has 0 amide bonds. The molecule has 0 bridgehead atoms. The predicted molar refractivity (Wildman–Crippen MR) is 108 cm³/mol. The Labute approximate surface area is 172 Å². The number of allylic oxidation sites excluding steroid dienone is 1. The molecule has 0 unspecified atom stereocenters. The van der Waals surface area contributed by atoms with Gasteiger partial charge in [-0.15, -0.1) is 16.8 Å². The largest absolute Gasteiger partial charge is 0.497 e. The number of ether oxygens (including phenoxy) is 3. The monoisotopic (exact) mass is 415 g/mol. The van der Waals surface area contributed by atoms with Crippen LogP contribution in [0.3, 0.4) is 0 Å². The average Bonchev–Trinajstić information content (AvgIpc) is 3.38. The van der Waals surface area contributed by atoms with Crippen molar-refractivity contribution in [1.82, 2.24) is 14.8 Å². The Balaban J connectivity index is 1.86. The lowest BCUT2D eigenvalue weighted by atomic mass is 10.2. The maximum atomic E-state index is 11.5. The second-order valence-corrected chi connectivity index (χ2v) is 6.80. The number of benzene rings is 1. The maximum Gasteiger partial charge on any atom is 0.373 e.